The van der Waals surface area contributed by atoms with Crippen molar-refractivity contribution >= 4 is 35.1 Å². The fourth-order valence-corrected chi connectivity index (χ4v) is 3.65. The van der Waals surface area contributed by atoms with Crippen LogP contribution in [0.4, 0.5) is 0 Å². The van der Waals surface area contributed by atoms with Gasteiger partial charge in [-0.1, -0.05) is 72.8 Å². The fraction of sp³-hybridized carbons (Fsp3) is 0.241. The molecule has 3 aromatic rings. The van der Waals surface area contributed by atoms with Crippen LogP contribution in [0.1, 0.15) is 47.2 Å². The van der Waals surface area contributed by atoms with Gasteiger partial charge in [-0.15, -0.1) is 0 Å². The van der Waals surface area contributed by atoms with E-state index in [2.05, 4.69) is 16.2 Å². The maximum atomic E-state index is 12.6. The molecule has 3 aromatic carbocycles. The van der Waals surface area contributed by atoms with Crippen molar-refractivity contribution in [3.05, 3.63) is 102 Å². The maximum Gasteiger partial charge on any atom is 0.305 e. The van der Waals surface area contributed by atoms with Gasteiger partial charge in [0.15, 0.2) is 5.11 Å². The molecule has 0 aliphatic rings. The summed E-state index contributed by atoms with van der Waals surface area (Å²) in [6, 6.07) is 26.4. The van der Waals surface area contributed by atoms with Crippen LogP contribution < -0.4 is 20.9 Å². The molecule has 0 saturated heterocycles. The fourth-order valence-electron chi connectivity index (χ4n) is 3.49. The van der Waals surface area contributed by atoms with E-state index in [1.165, 1.54) is 5.56 Å². The number of esters is 1. The van der Waals surface area contributed by atoms with Crippen LogP contribution in [0.5, 0.6) is 5.75 Å². The maximum absolute atomic E-state index is 12.6. The van der Waals surface area contributed by atoms with Gasteiger partial charge in [-0.05, 0) is 54.7 Å². The minimum absolute atomic E-state index is 0.0606. The number of nitrogens with one attached hydrogen (secondary N) is 3. The Hall–Kier alpha value is -4.24. The summed E-state index contributed by atoms with van der Waals surface area (Å²) in [6.07, 6.45) is 2.13. The normalized spacial score (nSPS) is 10.2. The van der Waals surface area contributed by atoms with Crippen molar-refractivity contribution in [1.29, 1.82) is 0 Å². The van der Waals surface area contributed by atoms with Crippen molar-refractivity contribution in [3.63, 3.8) is 0 Å². The number of hydrogen-bond acceptors (Lipinski definition) is 6. The predicted molar refractivity (Wildman–Crippen MR) is 148 cm³/mol. The molecule has 9 heteroatoms. The number of para-hydroxylation sites is 1. The van der Waals surface area contributed by atoms with Gasteiger partial charge in [0.1, 0.15) is 12.4 Å². The lowest BCUT2D eigenvalue weighted by Gasteiger charge is -2.13. The second-order valence-corrected chi connectivity index (χ2v) is 8.80. The summed E-state index contributed by atoms with van der Waals surface area (Å²) in [7, 11) is 0. The first kappa shape index (κ1) is 28.3. The topological polar surface area (TPSA) is 106 Å². The Morgan fingerprint density at radius 1 is 0.737 bits per heavy atom. The Morgan fingerprint density at radius 3 is 2.13 bits per heavy atom. The molecular weight excluding hydrogens is 502 g/mol. The lowest BCUT2D eigenvalue weighted by molar-refractivity contribution is -0.143. The van der Waals surface area contributed by atoms with Crippen LogP contribution in [-0.4, -0.2) is 29.5 Å². The Balaban J connectivity index is 1.30. The summed E-state index contributed by atoms with van der Waals surface area (Å²) < 4.78 is 11.0. The molecule has 0 unspecified atom stereocenters. The highest BCUT2D eigenvalue weighted by molar-refractivity contribution is 7.80. The van der Waals surface area contributed by atoms with E-state index in [4.69, 9.17) is 21.7 Å². The third kappa shape index (κ3) is 10.4. The molecule has 0 radical (unpaired) electrons. The summed E-state index contributed by atoms with van der Waals surface area (Å²) in [5, 5.41) is 2.41. The standard InChI is InChI=1S/C29H31N3O5S/c33-26(18-9-19-27(34)36-20-10-15-22-11-3-1-4-12-22)30-29(38)32-31-28(35)24-16-7-8-17-25(24)37-21-23-13-5-2-6-14-23/h1-8,11-14,16-17H,9-10,15,18-21H2,(H,31,35)(H2,30,32,33,38). The molecule has 2 amide bonds. The van der Waals surface area contributed by atoms with Gasteiger partial charge in [-0.3, -0.25) is 25.2 Å². The minimum atomic E-state index is -0.472. The first-order valence-corrected chi connectivity index (χ1v) is 12.8. The van der Waals surface area contributed by atoms with Gasteiger partial charge in [0, 0.05) is 12.8 Å². The zero-order chi connectivity index (χ0) is 27.0. The lowest BCUT2D eigenvalue weighted by atomic mass is 10.1. The quantitative estimate of drug-likeness (QED) is 0.138. The molecule has 0 bridgehead atoms. The number of ether oxygens (including phenoxy) is 2. The van der Waals surface area contributed by atoms with E-state index in [0.29, 0.717) is 30.9 Å². The van der Waals surface area contributed by atoms with Gasteiger partial charge >= 0.3 is 5.97 Å². The second-order valence-electron chi connectivity index (χ2n) is 8.39. The molecule has 0 aromatic heterocycles. The van der Waals surface area contributed by atoms with Gasteiger partial charge in [0.25, 0.3) is 5.91 Å². The molecule has 0 fully saturated rings. The molecule has 3 rings (SSSR count). The third-order valence-corrected chi connectivity index (χ3v) is 5.62. The number of rotatable bonds is 12. The van der Waals surface area contributed by atoms with Crippen molar-refractivity contribution in [2.75, 3.05) is 6.61 Å². The first-order valence-electron chi connectivity index (χ1n) is 12.4. The third-order valence-electron chi connectivity index (χ3n) is 5.41. The van der Waals surface area contributed by atoms with Gasteiger partial charge in [0.05, 0.1) is 12.2 Å². The van der Waals surface area contributed by atoms with E-state index in [9.17, 15) is 14.4 Å². The highest BCUT2D eigenvalue weighted by atomic mass is 32.1. The van der Waals surface area contributed by atoms with Crippen LogP contribution in [0.3, 0.4) is 0 Å². The van der Waals surface area contributed by atoms with E-state index in [-0.39, 0.29) is 29.8 Å². The highest BCUT2D eigenvalue weighted by Gasteiger charge is 2.13. The molecule has 38 heavy (non-hydrogen) atoms. The van der Waals surface area contributed by atoms with Gasteiger partial charge in [-0.2, -0.15) is 0 Å². The Kier molecular flexibility index (Phi) is 11.8. The lowest BCUT2D eigenvalue weighted by Crippen LogP contribution is -2.48. The smallest absolute Gasteiger partial charge is 0.305 e. The minimum Gasteiger partial charge on any atom is -0.488 e. The molecule has 0 saturated carbocycles. The van der Waals surface area contributed by atoms with Crippen molar-refractivity contribution in [3.8, 4) is 5.75 Å². The van der Waals surface area contributed by atoms with Crippen molar-refractivity contribution in [2.45, 2.75) is 38.7 Å². The summed E-state index contributed by atoms with van der Waals surface area (Å²) >= 11 is 5.08. The predicted octanol–water partition coefficient (Wildman–Crippen LogP) is 4.25. The molecule has 0 spiro atoms. The largest absolute Gasteiger partial charge is 0.488 e. The molecule has 8 nitrogen and oxygen atoms in total. The SMILES string of the molecule is O=C(CCCC(=O)OCCCc1ccccc1)NC(=S)NNC(=O)c1ccccc1OCc1ccccc1. The van der Waals surface area contributed by atoms with Crippen LogP contribution in [-0.2, 0) is 27.4 Å². The Morgan fingerprint density at radius 2 is 1.39 bits per heavy atom. The average Bonchev–Trinajstić information content (AvgIpc) is 2.94. The molecule has 0 aliphatic heterocycles. The van der Waals surface area contributed by atoms with Gasteiger partial charge < -0.3 is 14.8 Å². The van der Waals surface area contributed by atoms with Gasteiger partial charge in [-0.25, -0.2) is 0 Å². The molecule has 198 valence electrons. The van der Waals surface area contributed by atoms with Crippen LogP contribution in [0, 0.1) is 0 Å². The van der Waals surface area contributed by atoms with Crippen molar-refractivity contribution < 1.29 is 23.9 Å². The van der Waals surface area contributed by atoms with Crippen molar-refractivity contribution in [1.82, 2.24) is 16.2 Å². The zero-order valence-corrected chi connectivity index (χ0v) is 21.8. The average molecular weight is 534 g/mol. The van der Waals surface area contributed by atoms with E-state index in [1.807, 2.05) is 60.7 Å². The van der Waals surface area contributed by atoms with E-state index >= 15 is 0 Å². The number of aryl methyl sites for hydroxylation is 1. The summed E-state index contributed by atoms with van der Waals surface area (Å²) in [6.45, 7) is 0.655. The second kappa shape index (κ2) is 15.8. The number of thiocarbonyl (C=S) groups is 1. The molecule has 0 heterocycles. The molecular formula is C29H31N3O5S. The number of amides is 2. The highest BCUT2D eigenvalue weighted by Crippen LogP contribution is 2.19. The zero-order valence-electron chi connectivity index (χ0n) is 21.0. The Labute approximate surface area is 227 Å². The van der Waals surface area contributed by atoms with E-state index in [1.54, 1.807) is 24.3 Å². The number of benzene rings is 3. The monoisotopic (exact) mass is 533 g/mol. The summed E-state index contributed by atoms with van der Waals surface area (Å²) in [5.74, 6) is -0.773. The van der Waals surface area contributed by atoms with Crippen molar-refractivity contribution in [2.24, 2.45) is 0 Å². The van der Waals surface area contributed by atoms with Gasteiger partial charge in [0.2, 0.25) is 5.91 Å². The van der Waals surface area contributed by atoms with E-state index < -0.39 is 5.91 Å². The molecule has 0 aliphatic carbocycles. The molecule has 3 N–H and O–H groups in total. The molecule has 0 atom stereocenters. The number of hydrogen-bond donors (Lipinski definition) is 3. The number of carbonyl (C=O) groups is 3. The first-order chi connectivity index (χ1) is 18.5. The van der Waals surface area contributed by atoms with Crippen LogP contribution in [0.2, 0.25) is 0 Å². The summed E-state index contributed by atoms with van der Waals surface area (Å²) in [4.78, 5) is 36.6. The van der Waals surface area contributed by atoms with E-state index in [0.717, 1.165) is 18.4 Å². The van der Waals surface area contributed by atoms with Crippen LogP contribution in [0.25, 0.3) is 0 Å². The number of carbonyl (C=O) groups excluding carboxylic acids is 3. The Bertz CT molecular complexity index is 1210. The van der Waals surface area contributed by atoms with Crippen LogP contribution >= 0.6 is 12.2 Å². The number of hydrazine groups is 1. The summed E-state index contributed by atoms with van der Waals surface area (Å²) in [5.41, 5.74) is 7.45. The van der Waals surface area contributed by atoms with Crippen LogP contribution in [0.15, 0.2) is 84.9 Å².